The maximum Gasteiger partial charge on any atom is 0.126 e. The van der Waals surface area contributed by atoms with Gasteiger partial charge in [0.2, 0.25) is 0 Å². The Kier molecular flexibility index (Phi) is 2.58. The molecule has 2 heteroatoms. The highest BCUT2D eigenvalue weighted by Gasteiger charge is 2.02. The number of aromatic nitrogens is 1. The van der Waals surface area contributed by atoms with E-state index in [2.05, 4.69) is 48.4 Å². The van der Waals surface area contributed by atoms with Crippen LogP contribution in [0.25, 0.3) is 10.9 Å². The summed E-state index contributed by atoms with van der Waals surface area (Å²) in [6.07, 6.45) is 1.07. The monoisotopic (exact) mass is 200 g/mol. The average Bonchev–Trinajstić information content (AvgIpc) is 2.28. The number of rotatable bonds is 2. The minimum absolute atomic E-state index is 0.934. The molecule has 0 spiro atoms. The fourth-order valence-electron chi connectivity index (χ4n) is 1.79. The number of nitrogens with one attached hydrogen (secondary N) is 1. The van der Waals surface area contributed by atoms with Crippen molar-refractivity contribution < 1.29 is 0 Å². The Morgan fingerprint density at radius 3 is 2.73 bits per heavy atom. The van der Waals surface area contributed by atoms with Gasteiger partial charge in [-0.2, -0.15) is 0 Å². The highest BCUT2D eigenvalue weighted by atomic mass is 15.0. The predicted octanol–water partition coefficient (Wildman–Crippen LogP) is 3.15. The van der Waals surface area contributed by atoms with Gasteiger partial charge in [-0.05, 0) is 42.7 Å². The van der Waals surface area contributed by atoms with Crippen molar-refractivity contribution in [2.75, 3.05) is 12.4 Å². The Morgan fingerprint density at radius 1 is 1.27 bits per heavy atom. The van der Waals surface area contributed by atoms with Crippen LogP contribution in [-0.2, 0) is 6.42 Å². The van der Waals surface area contributed by atoms with Gasteiger partial charge in [0.25, 0.3) is 0 Å². The Balaban J connectivity index is 2.68. The van der Waals surface area contributed by atoms with Crippen molar-refractivity contribution in [2.45, 2.75) is 20.3 Å². The summed E-state index contributed by atoms with van der Waals surface area (Å²) in [6, 6.07) is 8.56. The van der Waals surface area contributed by atoms with Gasteiger partial charge in [0.1, 0.15) is 5.82 Å². The molecule has 0 amide bonds. The summed E-state index contributed by atoms with van der Waals surface area (Å²) in [7, 11) is 1.90. The smallest absolute Gasteiger partial charge is 0.126 e. The first-order chi connectivity index (χ1) is 7.24. The van der Waals surface area contributed by atoms with Crippen LogP contribution in [0.3, 0.4) is 0 Å². The SMILES string of the molecule is CCc1ccc2nc(NC)cc(C)c2c1. The maximum atomic E-state index is 4.52. The van der Waals surface area contributed by atoms with Crippen LogP contribution in [-0.4, -0.2) is 12.0 Å². The van der Waals surface area contributed by atoms with Gasteiger partial charge in [-0.3, -0.25) is 0 Å². The molecule has 1 aromatic heterocycles. The summed E-state index contributed by atoms with van der Waals surface area (Å²) >= 11 is 0. The molecule has 0 atom stereocenters. The molecule has 1 heterocycles. The van der Waals surface area contributed by atoms with Crippen molar-refractivity contribution >= 4 is 16.7 Å². The van der Waals surface area contributed by atoms with Crippen LogP contribution in [0.15, 0.2) is 24.3 Å². The van der Waals surface area contributed by atoms with E-state index in [4.69, 9.17) is 0 Å². The molecule has 0 fully saturated rings. The van der Waals surface area contributed by atoms with Crippen molar-refractivity contribution in [1.29, 1.82) is 0 Å². The van der Waals surface area contributed by atoms with E-state index in [0.29, 0.717) is 0 Å². The summed E-state index contributed by atoms with van der Waals surface area (Å²) in [5, 5.41) is 4.34. The molecular weight excluding hydrogens is 184 g/mol. The summed E-state index contributed by atoms with van der Waals surface area (Å²) in [5.74, 6) is 0.934. The van der Waals surface area contributed by atoms with Crippen LogP contribution < -0.4 is 5.32 Å². The second-order valence-corrected chi connectivity index (χ2v) is 3.78. The Bertz CT molecular complexity index is 489. The van der Waals surface area contributed by atoms with Crippen LogP contribution in [0.2, 0.25) is 0 Å². The number of hydrogen-bond donors (Lipinski definition) is 1. The molecule has 0 unspecified atom stereocenters. The molecule has 2 rings (SSSR count). The lowest BCUT2D eigenvalue weighted by Crippen LogP contribution is -1.94. The number of anilines is 1. The van der Waals surface area contributed by atoms with E-state index >= 15 is 0 Å². The van der Waals surface area contributed by atoms with Gasteiger partial charge in [0.15, 0.2) is 0 Å². The summed E-state index contributed by atoms with van der Waals surface area (Å²) < 4.78 is 0. The zero-order valence-electron chi connectivity index (χ0n) is 9.46. The lowest BCUT2D eigenvalue weighted by Gasteiger charge is -2.07. The Labute approximate surface area is 90.3 Å². The molecule has 78 valence electrons. The van der Waals surface area contributed by atoms with Crippen LogP contribution in [0.5, 0.6) is 0 Å². The molecule has 15 heavy (non-hydrogen) atoms. The molecule has 0 aliphatic carbocycles. The topological polar surface area (TPSA) is 24.9 Å². The standard InChI is InChI=1S/C13H16N2/c1-4-10-5-6-12-11(8-10)9(2)7-13(14-3)15-12/h5-8H,4H2,1-3H3,(H,14,15). The van der Waals surface area contributed by atoms with Crippen LogP contribution >= 0.6 is 0 Å². The normalized spacial score (nSPS) is 10.6. The molecule has 1 N–H and O–H groups in total. The fourth-order valence-corrected chi connectivity index (χ4v) is 1.79. The van der Waals surface area contributed by atoms with E-state index in [1.54, 1.807) is 0 Å². The van der Waals surface area contributed by atoms with Gasteiger partial charge in [-0.1, -0.05) is 13.0 Å². The number of aryl methyl sites for hydroxylation is 2. The lowest BCUT2D eigenvalue weighted by molar-refractivity contribution is 1.14. The van der Waals surface area contributed by atoms with Gasteiger partial charge in [0, 0.05) is 12.4 Å². The van der Waals surface area contributed by atoms with Gasteiger partial charge < -0.3 is 5.32 Å². The minimum Gasteiger partial charge on any atom is -0.373 e. The molecule has 2 aromatic rings. The number of fused-ring (bicyclic) bond motifs is 1. The largest absolute Gasteiger partial charge is 0.373 e. The second-order valence-electron chi connectivity index (χ2n) is 3.78. The van der Waals surface area contributed by atoms with E-state index in [1.165, 1.54) is 16.5 Å². The second kappa shape index (κ2) is 3.89. The van der Waals surface area contributed by atoms with E-state index in [-0.39, 0.29) is 0 Å². The van der Waals surface area contributed by atoms with Crippen LogP contribution in [0, 0.1) is 6.92 Å². The quantitative estimate of drug-likeness (QED) is 0.805. The molecule has 0 aliphatic rings. The van der Waals surface area contributed by atoms with Crippen molar-refractivity contribution in [3.63, 3.8) is 0 Å². The third kappa shape index (κ3) is 1.80. The van der Waals surface area contributed by atoms with Gasteiger partial charge in [-0.25, -0.2) is 4.98 Å². The summed E-state index contributed by atoms with van der Waals surface area (Å²) in [6.45, 7) is 4.30. The van der Waals surface area contributed by atoms with Crippen molar-refractivity contribution in [3.8, 4) is 0 Å². The fraction of sp³-hybridized carbons (Fsp3) is 0.308. The molecule has 0 saturated carbocycles. The molecular formula is C13H16N2. The Morgan fingerprint density at radius 2 is 2.07 bits per heavy atom. The van der Waals surface area contributed by atoms with Crippen molar-refractivity contribution in [3.05, 3.63) is 35.4 Å². The molecule has 2 nitrogen and oxygen atoms in total. The van der Waals surface area contributed by atoms with Crippen molar-refractivity contribution in [2.24, 2.45) is 0 Å². The molecule has 0 radical (unpaired) electrons. The minimum atomic E-state index is 0.934. The predicted molar refractivity (Wildman–Crippen MR) is 65.4 cm³/mol. The third-order valence-corrected chi connectivity index (χ3v) is 2.74. The molecule has 0 aliphatic heterocycles. The zero-order valence-corrected chi connectivity index (χ0v) is 9.46. The van der Waals surface area contributed by atoms with E-state index in [9.17, 15) is 0 Å². The highest BCUT2D eigenvalue weighted by Crippen LogP contribution is 2.21. The van der Waals surface area contributed by atoms with Gasteiger partial charge >= 0.3 is 0 Å². The third-order valence-electron chi connectivity index (χ3n) is 2.74. The van der Waals surface area contributed by atoms with Gasteiger partial charge in [0.05, 0.1) is 5.52 Å². The lowest BCUT2D eigenvalue weighted by atomic mass is 10.1. The average molecular weight is 200 g/mol. The number of hydrogen-bond acceptors (Lipinski definition) is 2. The number of benzene rings is 1. The van der Waals surface area contributed by atoms with E-state index in [0.717, 1.165) is 17.8 Å². The number of nitrogens with zero attached hydrogens (tertiary/aromatic N) is 1. The maximum absolute atomic E-state index is 4.52. The first kappa shape index (κ1) is 9.97. The summed E-state index contributed by atoms with van der Waals surface area (Å²) in [4.78, 5) is 4.52. The molecule has 0 bridgehead atoms. The van der Waals surface area contributed by atoms with Crippen molar-refractivity contribution in [1.82, 2.24) is 4.98 Å². The van der Waals surface area contributed by atoms with Crippen LogP contribution in [0.1, 0.15) is 18.1 Å². The first-order valence-corrected chi connectivity index (χ1v) is 5.32. The molecule has 0 saturated heterocycles. The van der Waals surface area contributed by atoms with Gasteiger partial charge in [-0.15, -0.1) is 0 Å². The molecule has 1 aromatic carbocycles. The first-order valence-electron chi connectivity index (χ1n) is 5.32. The summed E-state index contributed by atoms with van der Waals surface area (Å²) in [5.41, 5.74) is 3.71. The number of pyridine rings is 1. The van der Waals surface area contributed by atoms with E-state index in [1.807, 2.05) is 7.05 Å². The van der Waals surface area contributed by atoms with E-state index < -0.39 is 0 Å². The van der Waals surface area contributed by atoms with Crippen LogP contribution in [0.4, 0.5) is 5.82 Å². The zero-order chi connectivity index (χ0) is 10.8. The Hall–Kier alpha value is -1.57. The highest BCUT2D eigenvalue weighted by molar-refractivity contribution is 5.84.